The van der Waals surface area contributed by atoms with E-state index in [1.165, 1.54) is 0 Å². The van der Waals surface area contributed by atoms with Gasteiger partial charge in [-0.2, -0.15) is 10.5 Å². The van der Waals surface area contributed by atoms with Gasteiger partial charge in [0.25, 0.3) is 0 Å². The van der Waals surface area contributed by atoms with Crippen LogP contribution in [0.25, 0.3) is 72.8 Å². The van der Waals surface area contributed by atoms with Crippen molar-refractivity contribution >= 4 is 21.8 Å². The maximum atomic E-state index is 10.3. The van der Waals surface area contributed by atoms with Gasteiger partial charge < -0.3 is 4.57 Å². The van der Waals surface area contributed by atoms with Crippen LogP contribution >= 0.6 is 0 Å². The Hall–Kier alpha value is -6.89. The Morgan fingerprint density at radius 1 is 0.426 bits per heavy atom. The second-order valence-electron chi connectivity index (χ2n) is 11.2. The third-order valence-corrected chi connectivity index (χ3v) is 8.31. The molecule has 0 saturated carbocycles. The maximum Gasteiger partial charge on any atom is 0.164 e. The lowest BCUT2D eigenvalue weighted by Crippen LogP contribution is -2.02. The van der Waals surface area contributed by atoms with E-state index in [0.29, 0.717) is 28.6 Å². The lowest BCUT2D eigenvalue weighted by Gasteiger charge is -2.13. The number of aromatic nitrogens is 4. The standard InChI is InChI=1S/C41H24N6/c42-25-27-10-9-15-30(22-27)31-20-21-37-35(23-31)34-16-7-8-17-36(34)47(37)38-24-32(18-19-33(38)26-43)41-45-39(28-11-3-1-4-12-28)44-40(46-41)29-13-5-2-6-14-29/h1-24H. The molecule has 8 aromatic rings. The maximum absolute atomic E-state index is 10.3. The Labute approximate surface area is 271 Å². The highest BCUT2D eigenvalue weighted by Gasteiger charge is 2.18. The van der Waals surface area contributed by atoms with Crippen LogP contribution in [0.5, 0.6) is 0 Å². The van der Waals surface area contributed by atoms with Crippen molar-refractivity contribution < 1.29 is 0 Å². The molecule has 218 valence electrons. The van der Waals surface area contributed by atoms with Crippen LogP contribution in [-0.4, -0.2) is 19.5 Å². The number of para-hydroxylation sites is 1. The molecule has 0 spiro atoms. The van der Waals surface area contributed by atoms with Gasteiger partial charge in [-0.15, -0.1) is 0 Å². The zero-order valence-electron chi connectivity index (χ0n) is 25.0. The van der Waals surface area contributed by atoms with Crippen LogP contribution in [0.3, 0.4) is 0 Å². The molecule has 0 unspecified atom stereocenters. The molecule has 0 aliphatic rings. The summed E-state index contributed by atoms with van der Waals surface area (Å²) in [6, 6.07) is 52.3. The zero-order valence-corrected chi connectivity index (χ0v) is 25.0. The average Bonchev–Trinajstić information content (AvgIpc) is 3.48. The number of hydrogen-bond donors (Lipinski definition) is 0. The largest absolute Gasteiger partial charge is 0.308 e. The second kappa shape index (κ2) is 11.6. The van der Waals surface area contributed by atoms with Crippen LogP contribution in [0, 0.1) is 22.7 Å². The van der Waals surface area contributed by atoms with Crippen LogP contribution < -0.4 is 0 Å². The summed E-state index contributed by atoms with van der Waals surface area (Å²) in [4.78, 5) is 14.7. The Bertz CT molecular complexity index is 2480. The van der Waals surface area contributed by atoms with Gasteiger partial charge in [0.1, 0.15) is 6.07 Å². The first-order chi connectivity index (χ1) is 23.2. The van der Waals surface area contributed by atoms with Crippen molar-refractivity contribution in [3.63, 3.8) is 0 Å². The Kier molecular flexibility index (Phi) is 6.80. The van der Waals surface area contributed by atoms with Crippen molar-refractivity contribution in [2.45, 2.75) is 0 Å². The first-order valence-corrected chi connectivity index (χ1v) is 15.2. The number of nitrogens with zero attached hydrogens (tertiary/aromatic N) is 6. The molecule has 8 rings (SSSR count). The first kappa shape index (κ1) is 27.6. The fourth-order valence-corrected chi connectivity index (χ4v) is 6.07. The SMILES string of the molecule is N#Cc1cccc(-c2ccc3c(c2)c2ccccc2n3-c2cc(-c3nc(-c4ccccc4)nc(-c4ccccc4)n3)ccc2C#N)c1. The van der Waals surface area contributed by atoms with Gasteiger partial charge in [0, 0.05) is 27.5 Å². The van der Waals surface area contributed by atoms with Gasteiger partial charge >= 0.3 is 0 Å². The van der Waals surface area contributed by atoms with Crippen LogP contribution in [0.2, 0.25) is 0 Å². The van der Waals surface area contributed by atoms with E-state index in [0.717, 1.165) is 55.3 Å². The third-order valence-electron chi connectivity index (χ3n) is 8.31. The summed E-state index contributed by atoms with van der Waals surface area (Å²) >= 11 is 0. The number of fused-ring (bicyclic) bond motifs is 3. The zero-order chi connectivity index (χ0) is 31.7. The van der Waals surface area contributed by atoms with E-state index in [2.05, 4.69) is 47.0 Å². The number of benzene rings is 6. The van der Waals surface area contributed by atoms with E-state index < -0.39 is 0 Å². The highest BCUT2D eigenvalue weighted by molar-refractivity contribution is 6.10. The molecular weight excluding hydrogens is 576 g/mol. The van der Waals surface area contributed by atoms with Gasteiger partial charge in [0.15, 0.2) is 17.5 Å². The summed E-state index contributed by atoms with van der Waals surface area (Å²) in [5.74, 6) is 1.67. The molecule has 0 bridgehead atoms. The van der Waals surface area contributed by atoms with E-state index >= 15 is 0 Å². The van der Waals surface area contributed by atoms with Crippen molar-refractivity contribution in [3.05, 3.63) is 157 Å². The lowest BCUT2D eigenvalue weighted by atomic mass is 10.0. The Morgan fingerprint density at radius 3 is 1.68 bits per heavy atom. The minimum absolute atomic E-state index is 0.517. The highest BCUT2D eigenvalue weighted by atomic mass is 15.0. The molecule has 0 radical (unpaired) electrons. The minimum atomic E-state index is 0.517. The average molecular weight is 601 g/mol. The van der Waals surface area contributed by atoms with Gasteiger partial charge in [0.05, 0.1) is 33.9 Å². The molecular formula is C41H24N6. The van der Waals surface area contributed by atoms with Crippen molar-refractivity contribution in [1.82, 2.24) is 19.5 Å². The van der Waals surface area contributed by atoms with Gasteiger partial charge in [-0.05, 0) is 59.7 Å². The van der Waals surface area contributed by atoms with Crippen molar-refractivity contribution in [3.8, 4) is 63.1 Å². The van der Waals surface area contributed by atoms with Crippen molar-refractivity contribution in [2.24, 2.45) is 0 Å². The van der Waals surface area contributed by atoms with Gasteiger partial charge in [0.2, 0.25) is 0 Å². The summed E-state index contributed by atoms with van der Waals surface area (Å²) in [7, 11) is 0. The van der Waals surface area contributed by atoms with E-state index in [9.17, 15) is 10.5 Å². The molecule has 0 atom stereocenters. The van der Waals surface area contributed by atoms with Gasteiger partial charge in [-0.1, -0.05) is 97.1 Å². The predicted octanol–water partition coefficient (Wildman–Crippen LogP) is 9.38. The van der Waals surface area contributed by atoms with E-state index in [-0.39, 0.29) is 0 Å². The molecule has 0 N–H and O–H groups in total. The number of hydrogen-bond acceptors (Lipinski definition) is 5. The molecule has 2 heterocycles. The Morgan fingerprint density at radius 2 is 1.00 bits per heavy atom. The van der Waals surface area contributed by atoms with Crippen LogP contribution in [-0.2, 0) is 0 Å². The smallest absolute Gasteiger partial charge is 0.164 e. The first-order valence-electron chi connectivity index (χ1n) is 15.2. The summed E-state index contributed by atoms with van der Waals surface area (Å²) in [6.45, 7) is 0. The quantitative estimate of drug-likeness (QED) is 0.196. The van der Waals surface area contributed by atoms with Crippen molar-refractivity contribution in [2.75, 3.05) is 0 Å². The van der Waals surface area contributed by atoms with Crippen LogP contribution in [0.1, 0.15) is 11.1 Å². The normalized spacial score (nSPS) is 10.9. The molecule has 0 aliphatic heterocycles. The molecule has 0 aliphatic carbocycles. The molecule has 6 heteroatoms. The molecule has 0 saturated heterocycles. The summed E-state index contributed by atoms with van der Waals surface area (Å²) in [5.41, 5.74) is 8.36. The fourth-order valence-electron chi connectivity index (χ4n) is 6.07. The van der Waals surface area contributed by atoms with Gasteiger partial charge in [-0.3, -0.25) is 0 Å². The second-order valence-corrected chi connectivity index (χ2v) is 11.2. The van der Waals surface area contributed by atoms with Crippen molar-refractivity contribution in [1.29, 1.82) is 10.5 Å². The fraction of sp³-hybridized carbons (Fsp3) is 0. The predicted molar refractivity (Wildman–Crippen MR) is 185 cm³/mol. The monoisotopic (exact) mass is 600 g/mol. The number of rotatable bonds is 5. The molecule has 0 amide bonds. The van der Waals surface area contributed by atoms with E-state index in [1.807, 2.05) is 115 Å². The molecule has 6 aromatic carbocycles. The van der Waals surface area contributed by atoms with E-state index in [4.69, 9.17) is 15.0 Å². The molecule has 47 heavy (non-hydrogen) atoms. The van der Waals surface area contributed by atoms with Crippen LogP contribution in [0.4, 0.5) is 0 Å². The molecule has 6 nitrogen and oxygen atoms in total. The third kappa shape index (κ3) is 4.97. The minimum Gasteiger partial charge on any atom is -0.308 e. The van der Waals surface area contributed by atoms with E-state index in [1.54, 1.807) is 0 Å². The van der Waals surface area contributed by atoms with Gasteiger partial charge in [-0.25, -0.2) is 15.0 Å². The molecule has 2 aromatic heterocycles. The lowest BCUT2D eigenvalue weighted by molar-refractivity contribution is 1.07. The topological polar surface area (TPSA) is 91.2 Å². The summed E-state index contributed by atoms with van der Waals surface area (Å²) < 4.78 is 2.14. The summed E-state index contributed by atoms with van der Waals surface area (Å²) in [5, 5.41) is 21.9. The number of nitriles is 2. The Balaban J connectivity index is 1.34. The summed E-state index contributed by atoms with van der Waals surface area (Å²) in [6.07, 6.45) is 0. The molecule has 0 fully saturated rings. The highest BCUT2D eigenvalue weighted by Crippen LogP contribution is 2.37. The van der Waals surface area contributed by atoms with Crippen LogP contribution in [0.15, 0.2) is 146 Å².